The van der Waals surface area contributed by atoms with Gasteiger partial charge in [-0.05, 0) is 18.7 Å². The first-order chi connectivity index (χ1) is 13.1. The molecule has 0 aromatic carbocycles. The Kier molecular flexibility index (Phi) is 5.71. The van der Waals surface area contributed by atoms with Crippen molar-refractivity contribution < 1.29 is 9.72 Å². The van der Waals surface area contributed by atoms with Crippen LogP contribution in [0.15, 0.2) is 30.7 Å². The van der Waals surface area contributed by atoms with Gasteiger partial charge in [0.05, 0.1) is 4.92 Å². The maximum Gasteiger partial charge on any atom is 0.355 e. The molecule has 0 unspecified atom stereocenters. The standard InChI is InChI=1S/C16H20N8O3/c1-2-22-7-9-23(10-8-22)15-13(24(26)27)14(18-11-19-15)20-21-16(25)12-5-3-4-6-17-12/h3-6,11H,2,7-10H2,1H3,(H,21,25)(H,18,19,20). The van der Waals surface area contributed by atoms with E-state index >= 15 is 0 Å². The third kappa shape index (κ3) is 4.26. The summed E-state index contributed by atoms with van der Waals surface area (Å²) in [6.45, 7) is 5.88. The van der Waals surface area contributed by atoms with E-state index in [1.54, 1.807) is 12.1 Å². The lowest BCUT2D eigenvalue weighted by atomic mass is 10.3. The number of nitro groups is 1. The number of carbonyl (C=O) groups is 1. The third-order valence-electron chi connectivity index (χ3n) is 4.30. The molecular weight excluding hydrogens is 352 g/mol. The Hall–Kier alpha value is -3.34. The van der Waals surface area contributed by atoms with Crippen LogP contribution >= 0.6 is 0 Å². The molecule has 3 rings (SSSR count). The molecule has 11 nitrogen and oxygen atoms in total. The minimum Gasteiger partial charge on any atom is -0.348 e. The summed E-state index contributed by atoms with van der Waals surface area (Å²) in [6, 6.07) is 4.89. The quantitative estimate of drug-likeness (QED) is 0.555. The van der Waals surface area contributed by atoms with Gasteiger partial charge in [0.25, 0.3) is 5.91 Å². The fourth-order valence-corrected chi connectivity index (χ4v) is 2.81. The van der Waals surface area contributed by atoms with Gasteiger partial charge in [-0.25, -0.2) is 9.97 Å². The van der Waals surface area contributed by atoms with Gasteiger partial charge >= 0.3 is 5.69 Å². The number of nitrogens with one attached hydrogen (secondary N) is 2. The highest BCUT2D eigenvalue weighted by atomic mass is 16.6. The molecule has 142 valence electrons. The maximum atomic E-state index is 12.1. The fourth-order valence-electron chi connectivity index (χ4n) is 2.81. The SMILES string of the molecule is CCN1CCN(c2ncnc(NNC(=O)c3ccccn3)c2[N+](=O)[O-])CC1. The first kappa shape index (κ1) is 18.5. The van der Waals surface area contributed by atoms with Gasteiger partial charge in [-0.2, -0.15) is 0 Å². The molecule has 0 spiro atoms. The normalized spacial score (nSPS) is 14.6. The van der Waals surface area contributed by atoms with Gasteiger partial charge in [-0.3, -0.25) is 30.7 Å². The van der Waals surface area contributed by atoms with Gasteiger partial charge in [0.1, 0.15) is 12.0 Å². The maximum absolute atomic E-state index is 12.1. The lowest BCUT2D eigenvalue weighted by Crippen LogP contribution is -2.46. The predicted octanol–water partition coefficient (Wildman–Crippen LogP) is 0.679. The van der Waals surface area contributed by atoms with Crippen molar-refractivity contribution in [3.05, 3.63) is 46.5 Å². The van der Waals surface area contributed by atoms with Gasteiger partial charge in [-0.15, -0.1) is 0 Å². The Balaban J connectivity index is 1.78. The summed E-state index contributed by atoms with van der Waals surface area (Å²) in [4.78, 5) is 39.3. The van der Waals surface area contributed by atoms with Crippen LogP contribution in [0.25, 0.3) is 0 Å². The molecular formula is C16H20N8O3. The van der Waals surface area contributed by atoms with E-state index in [1.807, 2.05) is 4.90 Å². The zero-order valence-corrected chi connectivity index (χ0v) is 14.8. The van der Waals surface area contributed by atoms with E-state index in [1.165, 1.54) is 18.6 Å². The molecule has 3 heterocycles. The number of hydrazine groups is 1. The predicted molar refractivity (Wildman–Crippen MR) is 98.3 cm³/mol. The van der Waals surface area contributed by atoms with Crippen LogP contribution in [-0.2, 0) is 0 Å². The van der Waals surface area contributed by atoms with Crippen LogP contribution in [0.4, 0.5) is 17.3 Å². The highest BCUT2D eigenvalue weighted by Crippen LogP contribution is 2.31. The van der Waals surface area contributed by atoms with Crippen LogP contribution in [0, 0.1) is 10.1 Å². The first-order valence-corrected chi connectivity index (χ1v) is 8.54. The molecule has 2 aromatic heterocycles. The number of likely N-dealkylation sites (N-methyl/N-ethyl adjacent to an activating group) is 1. The monoisotopic (exact) mass is 372 g/mol. The molecule has 1 aliphatic heterocycles. The summed E-state index contributed by atoms with van der Waals surface area (Å²) in [7, 11) is 0. The van der Waals surface area contributed by atoms with E-state index in [4.69, 9.17) is 0 Å². The number of hydrogen-bond acceptors (Lipinski definition) is 9. The molecule has 1 aliphatic rings. The second kappa shape index (κ2) is 8.36. The van der Waals surface area contributed by atoms with E-state index in [0.717, 1.165) is 19.6 Å². The number of amides is 1. The van der Waals surface area contributed by atoms with Crippen LogP contribution in [0.2, 0.25) is 0 Å². The van der Waals surface area contributed by atoms with E-state index in [2.05, 4.69) is 37.6 Å². The van der Waals surface area contributed by atoms with Crippen LogP contribution in [-0.4, -0.2) is 63.4 Å². The lowest BCUT2D eigenvalue weighted by Gasteiger charge is -2.34. The molecule has 0 radical (unpaired) electrons. The van der Waals surface area contributed by atoms with Crippen LogP contribution in [0.3, 0.4) is 0 Å². The Morgan fingerprint density at radius 1 is 1.22 bits per heavy atom. The number of pyridine rings is 1. The number of rotatable bonds is 6. The van der Waals surface area contributed by atoms with E-state index in [9.17, 15) is 14.9 Å². The average molecular weight is 372 g/mol. The van der Waals surface area contributed by atoms with Gasteiger partial charge in [0.2, 0.25) is 11.6 Å². The van der Waals surface area contributed by atoms with Crippen molar-refractivity contribution in [1.29, 1.82) is 0 Å². The molecule has 11 heteroatoms. The lowest BCUT2D eigenvalue weighted by molar-refractivity contribution is -0.383. The number of anilines is 2. The van der Waals surface area contributed by atoms with Gasteiger partial charge < -0.3 is 9.80 Å². The molecule has 27 heavy (non-hydrogen) atoms. The zero-order valence-electron chi connectivity index (χ0n) is 14.8. The Morgan fingerprint density at radius 3 is 2.63 bits per heavy atom. The summed E-state index contributed by atoms with van der Waals surface area (Å²) in [5.41, 5.74) is 4.81. The molecule has 1 saturated heterocycles. The minimum atomic E-state index is -0.545. The first-order valence-electron chi connectivity index (χ1n) is 8.54. The Labute approximate surface area is 155 Å². The largest absolute Gasteiger partial charge is 0.355 e. The van der Waals surface area contributed by atoms with Crippen LogP contribution in [0.1, 0.15) is 17.4 Å². The van der Waals surface area contributed by atoms with E-state index in [0.29, 0.717) is 13.1 Å². The molecule has 0 saturated carbocycles. The Morgan fingerprint density at radius 2 is 2.00 bits per heavy atom. The summed E-state index contributed by atoms with van der Waals surface area (Å²) >= 11 is 0. The number of nitrogens with zero attached hydrogens (tertiary/aromatic N) is 6. The molecule has 1 amide bonds. The number of piperazine rings is 1. The minimum absolute atomic E-state index is 0.0767. The molecule has 0 aliphatic carbocycles. The topological polar surface area (TPSA) is 129 Å². The third-order valence-corrected chi connectivity index (χ3v) is 4.30. The van der Waals surface area contributed by atoms with Gasteiger partial charge in [-0.1, -0.05) is 13.0 Å². The summed E-state index contributed by atoms with van der Waals surface area (Å²) in [5.74, 6) is -0.367. The molecule has 0 bridgehead atoms. The highest BCUT2D eigenvalue weighted by molar-refractivity contribution is 5.93. The number of aromatic nitrogens is 3. The highest BCUT2D eigenvalue weighted by Gasteiger charge is 2.29. The van der Waals surface area contributed by atoms with Crippen molar-refractivity contribution in [2.45, 2.75) is 6.92 Å². The number of carbonyl (C=O) groups excluding carboxylic acids is 1. The summed E-state index contributed by atoms with van der Waals surface area (Å²) in [5, 5.41) is 11.6. The summed E-state index contributed by atoms with van der Waals surface area (Å²) in [6.07, 6.45) is 2.72. The van der Waals surface area contributed by atoms with Crippen LogP contribution in [0.5, 0.6) is 0 Å². The van der Waals surface area contributed by atoms with Crippen molar-refractivity contribution in [3.8, 4) is 0 Å². The number of hydrogen-bond donors (Lipinski definition) is 2. The van der Waals surface area contributed by atoms with E-state index in [-0.39, 0.29) is 23.0 Å². The molecule has 2 N–H and O–H groups in total. The van der Waals surface area contributed by atoms with Crippen molar-refractivity contribution in [2.24, 2.45) is 0 Å². The van der Waals surface area contributed by atoms with Crippen molar-refractivity contribution >= 4 is 23.2 Å². The van der Waals surface area contributed by atoms with E-state index < -0.39 is 10.8 Å². The smallest absolute Gasteiger partial charge is 0.348 e. The molecule has 1 fully saturated rings. The molecule has 0 atom stereocenters. The Bertz CT molecular complexity index is 809. The fraction of sp³-hybridized carbons (Fsp3) is 0.375. The molecule has 2 aromatic rings. The van der Waals surface area contributed by atoms with Gasteiger partial charge in [0, 0.05) is 32.4 Å². The second-order valence-corrected chi connectivity index (χ2v) is 5.87. The van der Waals surface area contributed by atoms with Crippen LogP contribution < -0.4 is 15.8 Å². The summed E-state index contributed by atoms with van der Waals surface area (Å²) < 4.78 is 0. The van der Waals surface area contributed by atoms with Crippen molar-refractivity contribution in [3.63, 3.8) is 0 Å². The van der Waals surface area contributed by atoms with Crippen molar-refractivity contribution in [2.75, 3.05) is 43.0 Å². The van der Waals surface area contributed by atoms with Gasteiger partial charge in [0.15, 0.2) is 0 Å². The van der Waals surface area contributed by atoms with Crippen molar-refractivity contribution in [1.82, 2.24) is 25.3 Å². The second-order valence-electron chi connectivity index (χ2n) is 5.87. The average Bonchev–Trinajstić information content (AvgIpc) is 2.72. The zero-order chi connectivity index (χ0) is 19.2.